The van der Waals surface area contributed by atoms with E-state index in [9.17, 15) is 13.6 Å². The minimum Gasteiger partial charge on any atom is -0.281 e. The number of aryl methyl sites for hydroxylation is 1. The first-order valence-corrected chi connectivity index (χ1v) is 4.73. The van der Waals surface area contributed by atoms with Gasteiger partial charge in [-0.3, -0.25) is 9.36 Å². The first-order chi connectivity index (χ1) is 7.59. The number of rotatable bonds is 1. The van der Waals surface area contributed by atoms with E-state index in [1.165, 1.54) is 24.4 Å². The molecule has 0 atom stereocenters. The molecule has 2 aromatic rings. The van der Waals surface area contributed by atoms with Crippen LogP contribution in [0.3, 0.4) is 0 Å². The Morgan fingerprint density at radius 1 is 1.12 bits per heavy atom. The summed E-state index contributed by atoms with van der Waals surface area (Å²) in [5.41, 5.74) is 0.326. The van der Waals surface area contributed by atoms with E-state index < -0.39 is 17.2 Å². The quantitative estimate of drug-likeness (QED) is 0.724. The van der Waals surface area contributed by atoms with Gasteiger partial charge in [-0.15, -0.1) is 0 Å². The molecule has 1 aromatic heterocycles. The summed E-state index contributed by atoms with van der Waals surface area (Å²) in [5.74, 6) is -1.99. The minimum absolute atomic E-state index is 0.0753. The number of hydrogen-bond acceptors (Lipinski definition) is 1. The molecule has 0 unspecified atom stereocenters. The highest BCUT2D eigenvalue weighted by Crippen LogP contribution is 2.14. The lowest BCUT2D eigenvalue weighted by Gasteiger charge is -2.07. The number of hydrogen-bond donors (Lipinski definition) is 0. The predicted molar refractivity (Wildman–Crippen MR) is 56.7 cm³/mol. The second-order valence-corrected chi connectivity index (χ2v) is 3.49. The van der Waals surface area contributed by atoms with Crippen molar-refractivity contribution in [2.75, 3.05) is 0 Å². The largest absolute Gasteiger partial charge is 0.281 e. The molecule has 0 aliphatic rings. The van der Waals surface area contributed by atoms with Gasteiger partial charge in [0.2, 0.25) is 0 Å². The van der Waals surface area contributed by atoms with Gasteiger partial charge in [0, 0.05) is 12.3 Å². The monoisotopic (exact) mass is 221 g/mol. The van der Waals surface area contributed by atoms with Gasteiger partial charge in [0.1, 0.15) is 0 Å². The molecule has 0 fully saturated rings. The first kappa shape index (κ1) is 10.5. The summed E-state index contributed by atoms with van der Waals surface area (Å²) in [5, 5.41) is 0. The Balaban J connectivity index is 2.72. The van der Waals surface area contributed by atoms with Crippen molar-refractivity contribution in [2.24, 2.45) is 0 Å². The van der Waals surface area contributed by atoms with Gasteiger partial charge < -0.3 is 0 Å². The number of nitrogens with zero attached hydrogens (tertiary/aromatic N) is 1. The van der Waals surface area contributed by atoms with Gasteiger partial charge in [-0.05, 0) is 24.6 Å². The van der Waals surface area contributed by atoms with E-state index in [2.05, 4.69) is 0 Å². The Morgan fingerprint density at radius 2 is 1.88 bits per heavy atom. The minimum atomic E-state index is -1.02. The molecular formula is C12H9F2NO. The highest BCUT2D eigenvalue weighted by Gasteiger charge is 2.10. The fourth-order valence-corrected chi connectivity index (χ4v) is 1.46. The van der Waals surface area contributed by atoms with Gasteiger partial charge in [-0.25, -0.2) is 8.78 Å². The molecule has 16 heavy (non-hydrogen) atoms. The zero-order valence-corrected chi connectivity index (χ0v) is 8.58. The Labute approximate surface area is 90.8 Å². The van der Waals surface area contributed by atoms with Crippen LogP contribution in [0.5, 0.6) is 0 Å². The molecule has 0 bridgehead atoms. The van der Waals surface area contributed by atoms with Crippen LogP contribution >= 0.6 is 0 Å². The number of halogens is 2. The van der Waals surface area contributed by atoms with E-state index >= 15 is 0 Å². The zero-order valence-electron chi connectivity index (χ0n) is 8.58. The maximum Gasteiger partial charge on any atom is 0.255 e. The summed E-state index contributed by atoms with van der Waals surface area (Å²) in [6.45, 7) is 1.77. The molecule has 0 N–H and O–H groups in total. The lowest BCUT2D eigenvalue weighted by molar-refractivity contribution is 0.503. The SMILES string of the molecule is Cc1ccc(=O)n(-c2cccc(F)c2F)c1. The average Bonchev–Trinajstić information content (AvgIpc) is 2.26. The second-order valence-electron chi connectivity index (χ2n) is 3.49. The Bertz CT molecular complexity index is 590. The van der Waals surface area contributed by atoms with Crippen LogP contribution in [0.1, 0.15) is 5.56 Å². The molecule has 0 amide bonds. The van der Waals surface area contributed by atoms with Crippen molar-refractivity contribution in [1.82, 2.24) is 4.57 Å². The van der Waals surface area contributed by atoms with Gasteiger partial charge in [-0.2, -0.15) is 0 Å². The molecular weight excluding hydrogens is 212 g/mol. The van der Waals surface area contributed by atoms with Gasteiger partial charge in [0.25, 0.3) is 5.56 Å². The van der Waals surface area contributed by atoms with E-state index in [0.717, 1.165) is 16.2 Å². The Kier molecular flexibility index (Phi) is 2.56. The van der Waals surface area contributed by atoms with Crippen LogP contribution in [0, 0.1) is 18.6 Å². The summed E-state index contributed by atoms with van der Waals surface area (Å²) in [7, 11) is 0. The van der Waals surface area contributed by atoms with E-state index in [1.807, 2.05) is 0 Å². The molecule has 1 heterocycles. The van der Waals surface area contributed by atoms with Gasteiger partial charge >= 0.3 is 0 Å². The van der Waals surface area contributed by atoms with Gasteiger partial charge in [-0.1, -0.05) is 12.1 Å². The number of aromatic nitrogens is 1. The molecule has 0 saturated heterocycles. The summed E-state index contributed by atoms with van der Waals surface area (Å²) in [6, 6.07) is 6.68. The smallest absolute Gasteiger partial charge is 0.255 e. The maximum absolute atomic E-state index is 13.5. The predicted octanol–water partition coefficient (Wildman–Crippen LogP) is 2.42. The Hall–Kier alpha value is -1.97. The molecule has 0 radical (unpaired) electrons. The van der Waals surface area contributed by atoms with E-state index in [-0.39, 0.29) is 5.69 Å². The van der Waals surface area contributed by atoms with Crippen LogP contribution in [-0.4, -0.2) is 4.57 Å². The topological polar surface area (TPSA) is 22.0 Å². The molecule has 0 saturated carbocycles. The summed E-state index contributed by atoms with van der Waals surface area (Å²) < 4.78 is 27.6. The van der Waals surface area contributed by atoms with E-state index in [1.54, 1.807) is 13.0 Å². The van der Waals surface area contributed by atoms with Crippen LogP contribution in [0.25, 0.3) is 5.69 Å². The molecule has 0 spiro atoms. The van der Waals surface area contributed by atoms with Crippen molar-refractivity contribution in [2.45, 2.75) is 6.92 Å². The fourth-order valence-electron chi connectivity index (χ4n) is 1.46. The summed E-state index contributed by atoms with van der Waals surface area (Å²) in [4.78, 5) is 11.5. The van der Waals surface area contributed by atoms with Crippen molar-refractivity contribution in [3.63, 3.8) is 0 Å². The van der Waals surface area contributed by atoms with Crippen LogP contribution in [0.4, 0.5) is 8.78 Å². The third-order valence-electron chi connectivity index (χ3n) is 2.25. The third-order valence-corrected chi connectivity index (χ3v) is 2.25. The lowest BCUT2D eigenvalue weighted by atomic mass is 10.2. The number of benzene rings is 1. The van der Waals surface area contributed by atoms with Crippen LogP contribution in [0.2, 0.25) is 0 Å². The van der Waals surface area contributed by atoms with Gasteiger partial charge in [0.05, 0.1) is 5.69 Å². The van der Waals surface area contributed by atoms with E-state index in [4.69, 9.17) is 0 Å². The van der Waals surface area contributed by atoms with Crippen LogP contribution < -0.4 is 5.56 Å². The summed E-state index contributed by atoms with van der Waals surface area (Å²) >= 11 is 0. The molecule has 4 heteroatoms. The summed E-state index contributed by atoms with van der Waals surface area (Å²) in [6.07, 6.45) is 1.47. The average molecular weight is 221 g/mol. The van der Waals surface area contributed by atoms with Crippen LogP contribution in [-0.2, 0) is 0 Å². The second kappa shape index (κ2) is 3.89. The molecule has 0 aliphatic carbocycles. The Morgan fingerprint density at radius 3 is 2.62 bits per heavy atom. The lowest BCUT2D eigenvalue weighted by Crippen LogP contribution is -2.18. The normalized spacial score (nSPS) is 10.4. The fraction of sp³-hybridized carbons (Fsp3) is 0.0833. The molecule has 2 rings (SSSR count). The standard InChI is InChI=1S/C12H9F2NO/c1-8-5-6-11(16)15(7-8)10-4-2-3-9(13)12(10)14/h2-7H,1H3. The highest BCUT2D eigenvalue weighted by atomic mass is 19.2. The van der Waals surface area contributed by atoms with Gasteiger partial charge in [0.15, 0.2) is 11.6 Å². The van der Waals surface area contributed by atoms with Crippen molar-refractivity contribution in [1.29, 1.82) is 0 Å². The maximum atomic E-state index is 13.5. The van der Waals surface area contributed by atoms with Crippen molar-refractivity contribution in [3.8, 4) is 5.69 Å². The van der Waals surface area contributed by atoms with Crippen molar-refractivity contribution >= 4 is 0 Å². The van der Waals surface area contributed by atoms with Crippen LogP contribution in [0.15, 0.2) is 41.3 Å². The third kappa shape index (κ3) is 1.74. The molecule has 82 valence electrons. The zero-order chi connectivity index (χ0) is 11.7. The number of pyridine rings is 1. The van der Waals surface area contributed by atoms with Crippen molar-refractivity contribution in [3.05, 3.63) is 64.1 Å². The first-order valence-electron chi connectivity index (χ1n) is 4.73. The van der Waals surface area contributed by atoms with E-state index in [0.29, 0.717) is 0 Å². The highest BCUT2D eigenvalue weighted by molar-refractivity contribution is 5.35. The molecule has 0 aliphatic heterocycles. The molecule has 1 aromatic carbocycles. The van der Waals surface area contributed by atoms with Crippen molar-refractivity contribution < 1.29 is 8.78 Å². The molecule has 2 nitrogen and oxygen atoms in total.